The van der Waals surface area contributed by atoms with E-state index in [-0.39, 0.29) is 17.0 Å². The van der Waals surface area contributed by atoms with E-state index in [1.165, 1.54) is 0 Å². The Hall–Kier alpha value is -3.30. The molecule has 1 aliphatic heterocycles. The maximum Gasteiger partial charge on any atom is 0.259 e. The van der Waals surface area contributed by atoms with Gasteiger partial charge in [-0.15, -0.1) is 0 Å². The predicted molar refractivity (Wildman–Crippen MR) is 98.3 cm³/mol. The molecule has 1 aromatic heterocycles. The monoisotopic (exact) mass is 365 g/mol. The van der Waals surface area contributed by atoms with Crippen LogP contribution in [0.2, 0.25) is 5.02 Å². The van der Waals surface area contributed by atoms with Gasteiger partial charge in [-0.25, -0.2) is 4.98 Å². The smallest absolute Gasteiger partial charge is 0.259 e. The Bertz CT molecular complexity index is 1140. The van der Waals surface area contributed by atoms with E-state index >= 15 is 0 Å². The van der Waals surface area contributed by atoms with E-state index in [0.717, 1.165) is 5.56 Å². The molecule has 0 radical (unpaired) electrons. The van der Waals surface area contributed by atoms with Crippen molar-refractivity contribution in [2.24, 2.45) is 0 Å². The van der Waals surface area contributed by atoms with E-state index in [1.807, 2.05) is 0 Å². The molecule has 0 atom stereocenters. The molecular weight excluding hydrogens is 354 g/mol. The number of H-pyrrole nitrogens is 1. The van der Waals surface area contributed by atoms with Gasteiger partial charge in [0.1, 0.15) is 19.3 Å². The summed E-state index contributed by atoms with van der Waals surface area (Å²) < 4.78 is 11.0. The number of fused-ring (bicyclic) bond motifs is 2. The number of ether oxygens (including phenoxy) is 2. The third-order valence-electron chi connectivity index (χ3n) is 3.92. The van der Waals surface area contributed by atoms with E-state index in [1.54, 1.807) is 42.5 Å². The molecule has 2 heterocycles. The zero-order chi connectivity index (χ0) is 18.1. The predicted octanol–water partition coefficient (Wildman–Crippen LogP) is 3.41. The molecule has 0 unspecified atom stereocenters. The fraction of sp³-hybridized carbons (Fsp3) is 0.105. The van der Waals surface area contributed by atoms with E-state index in [4.69, 9.17) is 21.1 Å². The van der Waals surface area contributed by atoms with Crippen LogP contribution in [0.15, 0.2) is 41.2 Å². The summed E-state index contributed by atoms with van der Waals surface area (Å²) in [6, 6.07) is 12.3. The van der Waals surface area contributed by atoms with Gasteiger partial charge >= 0.3 is 0 Å². The number of aromatic amines is 1. The van der Waals surface area contributed by atoms with Crippen molar-refractivity contribution in [2.45, 2.75) is 0 Å². The largest absolute Gasteiger partial charge is 0.486 e. The van der Waals surface area contributed by atoms with Crippen LogP contribution in [0.25, 0.3) is 22.6 Å². The van der Waals surface area contributed by atoms with Crippen molar-refractivity contribution >= 4 is 34.2 Å². The fourth-order valence-electron chi connectivity index (χ4n) is 2.71. The summed E-state index contributed by atoms with van der Waals surface area (Å²) in [4.78, 5) is 19.3. The van der Waals surface area contributed by atoms with Gasteiger partial charge in [-0.05, 0) is 42.0 Å². The van der Waals surface area contributed by atoms with Crippen LogP contribution in [0.1, 0.15) is 11.4 Å². The zero-order valence-corrected chi connectivity index (χ0v) is 14.2. The third kappa shape index (κ3) is 3.01. The molecule has 7 heteroatoms. The molecule has 1 N–H and O–H groups in total. The van der Waals surface area contributed by atoms with Gasteiger partial charge < -0.3 is 14.5 Å². The van der Waals surface area contributed by atoms with Crippen molar-refractivity contribution in [1.82, 2.24) is 9.97 Å². The summed E-state index contributed by atoms with van der Waals surface area (Å²) in [5.74, 6) is 1.47. The number of benzene rings is 2. The van der Waals surface area contributed by atoms with Crippen molar-refractivity contribution in [1.29, 1.82) is 5.26 Å². The number of rotatable bonds is 2. The van der Waals surface area contributed by atoms with Crippen molar-refractivity contribution in [2.75, 3.05) is 13.2 Å². The molecule has 0 aliphatic carbocycles. The van der Waals surface area contributed by atoms with Gasteiger partial charge in [0.25, 0.3) is 5.56 Å². The quantitative estimate of drug-likeness (QED) is 0.703. The number of hydrogen-bond acceptors (Lipinski definition) is 5. The highest BCUT2D eigenvalue weighted by atomic mass is 35.5. The molecule has 128 valence electrons. The SMILES string of the molecule is N#CC(=Cc1ccc2c(c1)OCCO2)c1nc2cc(Cl)ccc2c(=O)[nH]1. The standard InChI is InChI=1S/C19H12ClN3O3/c20-13-2-3-14-15(9-13)22-18(23-19(14)24)12(10-21)7-11-1-4-16-17(8-11)26-6-5-25-16/h1-4,7-9H,5-6H2,(H,22,23,24). The average Bonchev–Trinajstić information content (AvgIpc) is 2.65. The Morgan fingerprint density at radius 3 is 2.81 bits per heavy atom. The van der Waals surface area contributed by atoms with Crippen LogP contribution in [-0.2, 0) is 0 Å². The highest BCUT2D eigenvalue weighted by Gasteiger charge is 2.13. The molecule has 0 saturated carbocycles. The molecular formula is C19H12ClN3O3. The normalized spacial score (nSPS) is 13.5. The van der Waals surface area contributed by atoms with Gasteiger partial charge in [0.2, 0.25) is 0 Å². The summed E-state index contributed by atoms with van der Waals surface area (Å²) in [5.41, 5.74) is 1.06. The topological polar surface area (TPSA) is 88.0 Å². The number of nitriles is 1. The first-order chi connectivity index (χ1) is 12.6. The van der Waals surface area contributed by atoms with Crippen LogP contribution in [0.5, 0.6) is 11.5 Å². The lowest BCUT2D eigenvalue weighted by molar-refractivity contribution is 0.171. The van der Waals surface area contributed by atoms with Crippen molar-refractivity contribution in [3.8, 4) is 17.6 Å². The summed E-state index contributed by atoms with van der Waals surface area (Å²) in [6.07, 6.45) is 1.63. The molecule has 3 aromatic rings. The lowest BCUT2D eigenvalue weighted by Gasteiger charge is -2.18. The maximum absolute atomic E-state index is 12.3. The van der Waals surface area contributed by atoms with E-state index in [0.29, 0.717) is 40.6 Å². The third-order valence-corrected chi connectivity index (χ3v) is 4.16. The Kier molecular flexibility index (Phi) is 4.07. The van der Waals surface area contributed by atoms with Gasteiger partial charge in [-0.3, -0.25) is 4.79 Å². The molecule has 0 fully saturated rings. The molecule has 2 aromatic carbocycles. The first-order valence-corrected chi connectivity index (χ1v) is 8.23. The van der Waals surface area contributed by atoms with Crippen LogP contribution >= 0.6 is 11.6 Å². The minimum absolute atomic E-state index is 0.183. The number of halogens is 1. The highest BCUT2D eigenvalue weighted by molar-refractivity contribution is 6.31. The molecule has 6 nitrogen and oxygen atoms in total. The minimum atomic E-state index is -0.329. The van der Waals surface area contributed by atoms with E-state index < -0.39 is 0 Å². The maximum atomic E-state index is 12.3. The van der Waals surface area contributed by atoms with Crippen LogP contribution in [-0.4, -0.2) is 23.2 Å². The van der Waals surface area contributed by atoms with Crippen LogP contribution in [0.4, 0.5) is 0 Å². The van der Waals surface area contributed by atoms with Crippen molar-refractivity contribution in [3.05, 3.63) is 63.2 Å². The molecule has 26 heavy (non-hydrogen) atoms. The summed E-state index contributed by atoms with van der Waals surface area (Å²) in [7, 11) is 0. The van der Waals surface area contributed by atoms with E-state index in [9.17, 15) is 10.1 Å². The first-order valence-electron chi connectivity index (χ1n) is 7.85. The van der Waals surface area contributed by atoms with Crippen LogP contribution in [0, 0.1) is 11.3 Å². The second-order valence-electron chi connectivity index (χ2n) is 5.65. The van der Waals surface area contributed by atoms with Gasteiger partial charge in [0, 0.05) is 5.02 Å². The van der Waals surface area contributed by atoms with Gasteiger partial charge in [-0.2, -0.15) is 5.26 Å². The Balaban J connectivity index is 1.80. The Morgan fingerprint density at radius 2 is 2.00 bits per heavy atom. The summed E-state index contributed by atoms with van der Waals surface area (Å²) in [5, 5.41) is 10.4. The lowest BCUT2D eigenvalue weighted by Crippen LogP contribution is -2.15. The number of nitrogens with one attached hydrogen (secondary N) is 1. The van der Waals surface area contributed by atoms with Crippen molar-refractivity contribution in [3.63, 3.8) is 0 Å². The molecule has 0 bridgehead atoms. The average molecular weight is 366 g/mol. The number of nitrogens with zero attached hydrogens (tertiary/aromatic N) is 2. The molecule has 0 saturated heterocycles. The fourth-order valence-corrected chi connectivity index (χ4v) is 2.88. The molecule has 4 rings (SSSR count). The Morgan fingerprint density at radius 1 is 1.19 bits per heavy atom. The van der Waals surface area contributed by atoms with Crippen LogP contribution < -0.4 is 15.0 Å². The highest BCUT2D eigenvalue weighted by Crippen LogP contribution is 2.31. The second kappa shape index (κ2) is 6.54. The first kappa shape index (κ1) is 16.2. The summed E-state index contributed by atoms with van der Waals surface area (Å²) >= 11 is 5.98. The number of allylic oxidation sites excluding steroid dienone is 1. The lowest BCUT2D eigenvalue weighted by atomic mass is 10.1. The molecule has 1 aliphatic rings. The number of aromatic nitrogens is 2. The number of hydrogen-bond donors (Lipinski definition) is 1. The minimum Gasteiger partial charge on any atom is -0.486 e. The molecule has 0 spiro atoms. The molecule has 0 amide bonds. The van der Waals surface area contributed by atoms with Gasteiger partial charge in [-0.1, -0.05) is 17.7 Å². The van der Waals surface area contributed by atoms with Gasteiger partial charge in [0.05, 0.1) is 16.5 Å². The van der Waals surface area contributed by atoms with Gasteiger partial charge in [0.15, 0.2) is 17.3 Å². The summed E-state index contributed by atoms with van der Waals surface area (Å²) in [6.45, 7) is 0.988. The van der Waals surface area contributed by atoms with Crippen LogP contribution in [0.3, 0.4) is 0 Å². The second-order valence-corrected chi connectivity index (χ2v) is 6.09. The Labute approximate surface area is 153 Å². The van der Waals surface area contributed by atoms with Crippen molar-refractivity contribution < 1.29 is 9.47 Å². The van der Waals surface area contributed by atoms with E-state index in [2.05, 4.69) is 16.0 Å². The zero-order valence-electron chi connectivity index (χ0n) is 13.5.